The Kier molecular flexibility index (Phi) is 6.99. The molecule has 0 aliphatic heterocycles. The molecule has 1 aromatic rings. The second-order valence-electron chi connectivity index (χ2n) is 4.34. The van der Waals surface area contributed by atoms with Crippen LogP contribution in [0.15, 0.2) is 17.1 Å². The Labute approximate surface area is 130 Å². The van der Waals surface area contributed by atoms with Gasteiger partial charge in [0.2, 0.25) is 0 Å². The van der Waals surface area contributed by atoms with Crippen molar-refractivity contribution in [1.82, 2.24) is 10.6 Å². The summed E-state index contributed by atoms with van der Waals surface area (Å²) in [6, 6.07) is 5.05. The van der Waals surface area contributed by atoms with Crippen LogP contribution in [0, 0.1) is 0 Å². The lowest BCUT2D eigenvalue weighted by Gasteiger charge is -2.09. The van der Waals surface area contributed by atoms with Crippen LogP contribution in [0.4, 0.5) is 0 Å². The summed E-state index contributed by atoms with van der Waals surface area (Å²) in [4.78, 5) is 7.40. The molecule has 0 bridgehead atoms. The maximum absolute atomic E-state index is 4.62. The van der Waals surface area contributed by atoms with Gasteiger partial charge in [-0.05, 0) is 38.3 Å². The van der Waals surface area contributed by atoms with E-state index >= 15 is 0 Å². The third kappa shape index (κ3) is 5.14. The maximum atomic E-state index is 4.62. The first-order valence-corrected chi connectivity index (χ1v) is 7.26. The lowest BCUT2D eigenvalue weighted by atomic mass is 10.4. The monoisotopic (exact) mass is 379 g/mol. The summed E-state index contributed by atoms with van der Waals surface area (Å²) in [5.74, 6) is 0.960. The van der Waals surface area contributed by atoms with Gasteiger partial charge < -0.3 is 10.6 Å². The number of hydrogen-bond donors (Lipinski definition) is 2. The van der Waals surface area contributed by atoms with Crippen LogP contribution in [-0.2, 0) is 13.0 Å². The summed E-state index contributed by atoms with van der Waals surface area (Å²) in [6.07, 6.45) is 3.68. The number of aryl methyl sites for hydroxylation is 1. The molecule has 3 nitrogen and oxygen atoms in total. The molecule has 0 aromatic carbocycles. The molecule has 2 rings (SSSR count). The van der Waals surface area contributed by atoms with Crippen molar-refractivity contribution in [3.8, 4) is 0 Å². The van der Waals surface area contributed by atoms with E-state index in [9.17, 15) is 0 Å². The van der Waals surface area contributed by atoms with Gasteiger partial charge in [-0.15, -0.1) is 35.3 Å². The van der Waals surface area contributed by atoms with Gasteiger partial charge in [-0.3, -0.25) is 0 Å². The molecule has 0 radical (unpaired) electrons. The minimum Gasteiger partial charge on any atom is -0.357 e. The average Bonchev–Trinajstić information content (AvgIpc) is 3.03. The topological polar surface area (TPSA) is 36.4 Å². The van der Waals surface area contributed by atoms with Gasteiger partial charge in [0.1, 0.15) is 0 Å². The lowest BCUT2D eigenvalue weighted by Crippen LogP contribution is -2.38. The third-order valence-corrected chi connectivity index (χ3v) is 3.94. The zero-order valence-electron chi connectivity index (χ0n) is 11.0. The first-order valence-electron chi connectivity index (χ1n) is 6.44. The van der Waals surface area contributed by atoms with Crippen LogP contribution in [0.1, 0.15) is 36.4 Å². The number of hydrogen-bond acceptors (Lipinski definition) is 2. The number of rotatable bonds is 5. The van der Waals surface area contributed by atoms with E-state index in [0.29, 0.717) is 6.04 Å². The highest BCUT2D eigenvalue weighted by Gasteiger charge is 2.21. The van der Waals surface area contributed by atoms with Gasteiger partial charge in [-0.25, -0.2) is 4.99 Å². The Morgan fingerprint density at radius 1 is 1.33 bits per heavy atom. The van der Waals surface area contributed by atoms with Crippen LogP contribution in [0.25, 0.3) is 0 Å². The van der Waals surface area contributed by atoms with Crippen molar-refractivity contribution in [2.75, 3.05) is 6.54 Å². The molecule has 0 unspecified atom stereocenters. The molecule has 0 saturated heterocycles. The van der Waals surface area contributed by atoms with Crippen LogP contribution in [-0.4, -0.2) is 18.5 Å². The highest BCUT2D eigenvalue weighted by Crippen LogP contribution is 2.19. The van der Waals surface area contributed by atoms with Crippen molar-refractivity contribution in [3.63, 3.8) is 0 Å². The zero-order chi connectivity index (χ0) is 12.1. The molecular weight excluding hydrogens is 357 g/mol. The van der Waals surface area contributed by atoms with Gasteiger partial charge in [0.05, 0.1) is 6.54 Å². The number of halogens is 1. The van der Waals surface area contributed by atoms with Crippen LogP contribution in [0.2, 0.25) is 0 Å². The van der Waals surface area contributed by atoms with E-state index in [1.807, 2.05) is 11.3 Å². The van der Waals surface area contributed by atoms with Crippen LogP contribution in [0.3, 0.4) is 0 Å². The normalized spacial score (nSPS) is 15.1. The van der Waals surface area contributed by atoms with Crippen LogP contribution < -0.4 is 10.6 Å². The Morgan fingerprint density at radius 2 is 2.06 bits per heavy atom. The van der Waals surface area contributed by atoms with E-state index in [-0.39, 0.29) is 24.0 Å². The maximum Gasteiger partial charge on any atom is 0.191 e. The van der Waals surface area contributed by atoms with E-state index in [1.165, 1.54) is 22.6 Å². The third-order valence-electron chi connectivity index (χ3n) is 2.72. The minimum absolute atomic E-state index is 0. The smallest absolute Gasteiger partial charge is 0.191 e. The Morgan fingerprint density at radius 3 is 2.61 bits per heavy atom. The zero-order valence-corrected chi connectivity index (χ0v) is 14.2. The van der Waals surface area contributed by atoms with Gasteiger partial charge in [0, 0.05) is 22.3 Å². The summed E-state index contributed by atoms with van der Waals surface area (Å²) in [5.41, 5.74) is 0. The predicted molar refractivity (Wildman–Crippen MR) is 90.1 cm³/mol. The van der Waals surface area contributed by atoms with Gasteiger partial charge in [0.15, 0.2) is 5.96 Å². The summed E-state index contributed by atoms with van der Waals surface area (Å²) in [6.45, 7) is 6.00. The number of guanidine groups is 1. The van der Waals surface area contributed by atoms with Gasteiger partial charge in [0.25, 0.3) is 0 Å². The predicted octanol–water partition coefficient (Wildman–Crippen LogP) is 3.15. The van der Waals surface area contributed by atoms with Gasteiger partial charge >= 0.3 is 0 Å². The first-order chi connectivity index (χ1) is 8.31. The van der Waals surface area contributed by atoms with Crippen molar-refractivity contribution in [1.29, 1.82) is 0 Å². The molecule has 0 atom stereocenters. The Bertz CT molecular complexity index is 385. The van der Waals surface area contributed by atoms with E-state index < -0.39 is 0 Å². The number of nitrogens with zero attached hydrogens (tertiary/aromatic N) is 1. The highest BCUT2D eigenvalue weighted by atomic mass is 127. The van der Waals surface area contributed by atoms with Crippen molar-refractivity contribution in [2.45, 2.75) is 45.7 Å². The summed E-state index contributed by atoms with van der Waals surface area (Å²) < 4.78 is 0. The van der Waals surface area contributed by atoms with E-state index in [4.69, 9.17) is 0 Å². The fraction of sp³-hybridized carbons (Fsp3) is 0.615. The average molecular weight is 379 g/mol. The molecule has 0 spiro atoms. The molecule has 5 heteroatoms. The van der Waals surface area contributed by atoms with E-state index in [1.54, 1.807) is 0 Å². The quantitative estimate of drug-likeness (QED) is 0.469. The van der Waals surface area contributed by atoms with E-state index in [0.717, 1.165) is 25.5 Å². The van der Waals surface area contributed by atoms with Crippen molar-refractivity contribution in [3.05, 3.63) is 21.9 Å². The van der Waals surface area contributed by atoms with Crippen LogP contribution >= 0.6 is 35.3 Å². The van der Waals surface area contributed by atoms with Crippen molar-refractivity contribution < 1.29 is 0 Å². The molecule has 1 fully saturated rings. The van der Waals surface area contributed by atoms with Gasteiger partial charge in [-0.2, -0.15) is 0 Å². The SMILES string of the molecule is CCNC(=NCc1ccc(CC)s1)NC1CC1.I. The largest absolute Gasteiger partial charge is 0.357 e. The molecule has 2 N–H and O–H groups in total. The second-order valence-corrected chi connectivity index (χ2v) is 5.59. The molecule has 102 valence electrons. The van der Waals surface area contributed by atoms with Gasteiger partial charge in [-0.1, -0.05) is 6.92 Å². The van der Waals surface area contributed by atoms with Crippen molar-refractivity contribution >= 4 is 41.3 Å². The molecule has 0 amide bonds. The molecule has 1 aliphatic rings. The standard InChI is InChI=1S/C13H21N3S.HI/c1-3-11-7-8-12(17-11)9-15-13(14-4-2)16-10-5-6-10;/h7-8,10H,3-6,9H2,1-2H3,(H2,14,15,16);1H. The number of thiophene rings is 1. The molecule has 1 aliphatic carbocycles. The molecule has 1 heterocycles. The number of nitrogens with one attached hydrogen (secondary N) is 2. The summed E-state index contributed by atoms with van der Waals surface area (Å²) >= 11 is 1.86. The Balaban J connectivity index is 0.00000162. The highest BCUT2D eigenvalue weighted by molar-refractivity contribution is 14.0. The fourth-order valence-electron chi connectivity index (χ4n) is 1.60. The second kappa shape index (κ2) is 7.99. The molecule has 18 heavy (non-hydrogen) atoms. The summed E-state index contributed by atoms with van der Waals surface area (Å²) in [5, 5.41) is 6.71. The summed E-state index contributed by atoms with van der Waals surface area (Å²) in [7, 11) is 0. The first kappa shape index (κ1) is 15.8. The van der Waals surface area contributed by atoms with Crippen molar-refractivity contribution in [2.24, 2.45) is 4.99 Å². The molecule has 1 aromatic heterocycles. The minimum atomic E-state index is 0. The number of aliphatic imine (C=N–C) groups is 1. The molecular formula is C13H22IN3S. The Hall–Kier alpha value is -0.300. The van der Waals surface area contributed by atoms with Crippen LogP contribution in [0.5, 0.6) is 0 Å². The molecule has 1 saturated carbocycles. The fourth-order valence-corrected chi connectivity index (χ4v) is 2.48. The lowest BCUT2D eigenvalue weighted by molar-refractivity contribution is 0.813. The van der Waals surface area contributed by atoms with E-state index in [2.05, 4.69) is 41.6 Å².